The third-order valence-electron chi connectivity index (χ3n) is 2.10. The number of aromatic nitrogens is 2. The summed E-state index contributed by atoms with van der Waals surface area (Å²) < 4.78 is 7.09. The molecule has 0 aromatic carbocycles. The standard InChI is InChI=1S/C10H19N3O/c1-14-7-3-2-6-13-8-10(4-5-11)12-9-13/h8-9H,2-7,11H2,1H3. The molecule has 4 nitrogen and oxygen atoms in total. The molecule has 1 heterocycles. The van der Waals surface area contributed by atoms with E-state index in [2.05, 4.69) is 15.7 Å². The minimum Gasteiger partial charge on any atom is -0.385 e. The molecule has 1 aromatic heterocycles. The van der Waals surface area contributed by atoms with Gasteiger partial charge >= 0.3 is 0 Å². The van der Waals surface area contributed by atoms with Crippen molar-refractivity contribution in [3.63, 3.8) is 0 Å². The minimum atomic E-state index is 0.667. The molecule has 0 atom stereocenters. The lowest BCUT2D eigenvalue weighted by atomic mass is 10.3. The van der Waals surface area contributed by atoms with E-state index in [1.807, 2.05) is 6.33 Å². The van der Waals surface area contributed by atoms with Gasteiger partial charge in [-0.3, -0.25) is 0 Å². The fourth-order valence-corrected chi connectivity index (χ4v) is 1.35. The number of nitrogens with zero attached hydrogens (tertiary/aromatic N) is 2. The molecular formula is C10H19N3O. The summed E-state index contributed by atoms with van der Waals surface area (Å²) in [7, 11) is 1.73. The number of imidazole rings is 1. The summed E-state index contributed by atoms with van der Waals surface area (Å²) >= 11 is 0. The highest BCUT2D eigenvalue weighted by Crippen LogP contribution is 2.00. The highest BCUT2D eigenvalue weighted by Gasteiger charge is 1.97. The maximum absolute atomic E-state index is 5.44. The highest BCUT2D eigenvalue weighted by atomic mass is 16.5. The van der Waals surface area contributed by atoms with E-state index in [4.69, 9.17) is 10.5 Å². The fourth-order valence-electron chi connectivity index (χ4n) is 1.35. The minimum absolute atomic E-state index is 0.667. The van der Waals surface area contributed by atoms with Gasteiger partial charge in [-0.1, -0.05) is 0 Å². The molecule has 0 aliphatic heterocycles. The highest BCUT2D eigenvalue weighted by molar-refractivity contribution is 4.96. The van der Waals surface area contributed by atoms with Crippen LogP contribution in [0.3, 0.4) is 0 Å². The molecule has 80 valence electrons. The molecule has 0 fully saturated rings. The summed E-state index contributed by atoms with van der Waals surface area (Å²) in [6.07, 6.45) is 7.04. The number of aryl methyl sites for hydroxylation is 1. The van der Waals surface area contributed by atoms with Crippen LogP contribution >= 0.6 is 0 Å². The summed E-state index contributed by atoms with van der Waals surface area (Å²) in [5.41, 5.74) is 6.53. The lowest BCUT2D eigenvalue weighted by Gasteiger charge is -2.00. The van der Waals surface area contributed by atoms with Crippen molar-refractivity contribution in [2.45, 2.75) is 25.8 Å². The fraction of sp³-hybridized carbons (Fsp3) is 0.700. The van der Waals surface area contributed by atoms with Gasteiger partial charge in [0.1, 0.15) is 0 Å². The van der Waals surface area contributed by atoms with Crippen LogP contribution in [-0.4, -0.2) is 29.8 Å². The van der Waals surface area contributed by atoms with Crippen LogP contribution in [0.4, 0.5) is 0 Å². The van der Waals surface area contributed by atoms with Crippen LogP contribution in [0, 0.1) is 0 Å². The zero-order valence-corrected chi connectivity index (χ0v) is 8.78. The number of ether oxygens (including phenoxy) is 1. The molecule has 0 unspecified atom stereocenters. The van der Waals surface area contributed by atoms with E-state index in [1.54, 1.807) is 7.11 Å². The van der Waals surface area contributed by atoms with Crippen LogP contribution in [0.2, 0.25) is 0 Å². The zero-order valence-electron chi connectivity index (χ0n) is 8.78. The Bertz CT molecular complexity index is 247. The number of rotatable bonds is 7. The van der Waals surface area contributed by atoms with Crippen LogP contribution in [0.1, 0.15) is 18.5 Å². The molecule has 0 saturated carbocycles. The summed E-state index contributed by atoms with van der Waals surface area (Å²) in [6, 6.07) is 0. The Morgan fingerprint density at radius 3 is 3.07 bits per heavy atom. The molecule has 1 rings (SSSR count). The van der Waals surface area contributed by atoms with E-state index in [0.29, 0.717) is 6.54 Å². The maximum Gasteiger partial charge on any atom is 0.0949 e. The predicted octanol–water partition coefficient (Wildman–Crippen LogP) is 0.811. The predicted molar refractivity (Wildman–Crippen MR) is 56.1 cm³/mol. The average Bonchev–Trinajstić information content (AvgIpc) is 2.61. The van der Waals surface area contributed by atoms with Gasteiger partial charge in [-0.15, -0.1) is 0 Å². The molecule has 0 radical (unpaired) electrons. The van der Waals surface area contributed by atoms with Gasteiger partial charge in [0, 0.05) is 32.9 Å². The van der Waals surface area contributed by atoms with Crippen molar-refractivity contribution in [2.75, 3.05) is 20.3 Å². The second-order valence-electron chi connectivity index (χ2n) is 3.34. The van der Waals surface area contributed by atoms with Crippen molar-refractivity contribution in [1.82, 2.24) is 9.55 Å². The molecule has 0 aliphatic carbocycles. The first-order chi connectivity index (χ1) is 6.86. The van der Waals surface area contributed by atoms with Gasteiger partial charge in [0.25, 0.3) is 0 Å². The summed E-state index contributed by atoms with van der Waals surface area (Å²) in [6.45, 7) is 2.52. The molecule has 1 aromatic rings. The van der Waals surface area contributed by atoms with Crippen molar-refractivity contribution in [3.8, 4) is 0 Å². The molecule has 2 N–H and O–H groups in total. The topological polar surface area (TPSA) is 53.1 Å². The molecule has 0 amide bonds. The molecule has 0 saturated heterocycles. The first-order valence-electron chi connectivity index (χ1n) is 5.06. The lowest BCUT2D eigenvalue weighted by molar-refractivity contribution is 0.191. The summed E-state index contributed by atoms with van der Waals surface area (Å²) in [5, 5.41) is 0. The first-order valence-corrected chi connectivity index (χ1v) is 5.06. The Hall–Kier alpha value is -0.870. The number of unbranched alkanes of at least 4 members (excludes halogenated alkanes) is 1. The number of hydrogen-bond donors (Lipinski definition) is 1. The van der Waals surface area contributed by atoms with Gasteiger partial charge < -0.3 is 15.0 Å². The van der Waals surface area contributed by atoms with E-state index in [-0.39, 0.29) is 0 Å². The summed E-state index contributed by atoms with van der Waals surface area (Å²) in [4.78, 5) is 4.26. The van der Waals surface area contributed by atoms with Crippen molar-refractivity contribution in [2.24, 2.45) is 5.73 Å². The Morgan fingerprint density at radius 2 is 2.36 bits per heavy atom. The number of methoxy groups -OCH3 is 1. The van der Waals surface area contributed by atoms with Crippen molar-refractivity contribution in [1.29, 1.82) is 0 Å². The van der Waals surface area contributed by atoms with E-state index in [0.717, 1.165) is 38.1 Å². The summed E-state index contributed by atoms with van der Waals surface area (Å²) in [5.74, 6) is 0. The van der Waals surface area contributed by atoms with Gasteiger partial charge in [0.15, 0.2) is 0 Å². The molecule has 0 aliphatic rings. The van der Waals surface area contributed by atoms with Gasteiger partial charge in [0.2, 0.25) is 0 Å². The Morgan fingerprint density at radius 1 is 1.50 bits per heavy atom. The van der Waals surface area contributed by atoms with Crippen LogP contribution < -0.4 is 5.73 Å². The van der Waals surface area contributed by atoms with Crippen molar-refractivity contribution >= 4 is 0 Å². The second-order valence-corrected chi connectivity index (χ2v) is 3.34. The SMILES string of the molecule is COCCCCn1cnc(CCN)c1. The van der Waals surface area contributed by atoms with Gasteiger partial charge in [-0.25, -0.2) is 4.98 Å². The van der Waals surface area contributed by atoms with Gasteiger partial charge in [-0.2, -0.15) is 0 Å². The molecule has 4 heteroatoms. The number of hydrogen-bond acceptors (Lipinski definition) is 3. The first kappa shape index (κ1) is 11.2. The van der Waals surface area contributed by atoms with Crippen molar-refractivity contribution < 1.29 is 4.74 Å². The maximum atomic E-state index is 5.44. The largest absolute Gasteiger partial charge is 0.385 e. The van der Waals surface area contributed by atoms with E-state index >= 15 is 0 Å². The Balaban J connectivity index is 2.22. The third-order valence-corrected chi connectivity index (χ3v) is 2.10. The Kier molecular flexibility index (Phi) is 5.25. The molecular weight excluding hydrogens is 178 g/mol. The van der Waals surface area contributed by atoms with Crippen molar-refractivity contribution in [3.05, 3.63) is 18.2 Å². The zero-order chi connectivity index (χ0) is 10.2. The van der Waals surface area contributed by atoms with Crippen LogP contribution in [0.25, 0.3) is 0 Å². The monoisotopic (exact) mass is 197 g/mol. The second kappa shape index (κ2) is 6.56. The smallest absolute Gasteiger partial charge is 0.0949 e. The van der Waals surface area contributed by atoms with Gasteiger partial charge in [-0.05, 0) is 19.4 Å². The lowest BCUT2D eigenvalue weighted by Crippen LogP contribution is -2.02. The van der Waals surface area contributed by atoms with E-state index < -0.39 is 0 Å². The van der Waals surface area contributed by atoms with E-state index in [9.17, 15) is 0 Å². The quantitative estimate of drug-likeness (QED) is 0.658. The average molecular weight is 197 g/mol. The normalized spacial score (nSPS) is 10.7. The van der Waals surface area contributed by atoms with Crippen LogP contribution in [0.5, 0.6) is 0 Å². The van der Waals surface area contributed by atoms with E-state index in [1.165, 1.54) is 0 Å². The Labute approximate surface area is 85.1 Å². The number of nitrogens with two attached hydrogens (primary N) is 1. The van der Waals surface area contributed by atoms with Crippen LogP contribution in [0.15, 0.2) is 12.5 Å². The molecule has 14 heavy (non-hydrogen) atoms. The molecule has 0 bridgehead atoms. The third kappa shape index (κ3) is 3.89. The molecule has 0 spiro atoms. The van der Waals surface area contributed by atoms with Crippen LogP contribution in [-0.2, 0) is 17.7 Å². The van der Waals surface area contributed by atoms with Gasteiger partial charge in [0.05, 0.1) is 12.0 Å².